The first-order valence-electron chi connectivity index (χ1n) is 8.95. The molecule has 1 atom stereocenters. The molecule has 0 aliphatic carbocycles. The summed E-state index contributed by atoms with van der Waals surface area (Å²) in [7, 11) is 0. The number of anilines is 1. The molecule has 0 aromatic heterocycles. The fourth-order valence-corrected chi connectivity index (χ4v) is 3.28. The van der Waals surface area contributed by atoms with Gasteiger partial charge in [0.1, 0.15) is 0 Å². The van der Waals surface area contributed by atoms with Gasteiger partial charge in [0.25, 0.3) is 0 Å². The quantitative estimate of drug-likeness (QED) is 0.879. The lowest BCUT2D eigenvalue weighted by Gasteiger charge is -2.32. The molecule has 0 bridgehead atoms. The summed E-state index contributed by atoms with van der Waals surface area (Å²) in [6, 6.07) is 17.6. The van der Waals surface area contributed by atoms with Crippen molar-refractivity contribution >= 4 is 11.6 Å². The highest BCUT2D eigenvalue weighted by atomic mass is 16.3. The van der Waals surface area contributed by atoms with E-state index >= 15 is 0 Å². The third kappa shape index (κ3) is 4.91. The van der Waals surface area contributed by atoms with Gasteiger partial charge in [0, 0.05) is 18.2 Å². The lowest BCUT2D eigenvalue weighted by molar-refractivity contribution is -0.121. The molecule has 2 aromatic rings. The van der Waals surface area contributed by atoms with Crippen molar-refractivity contribution < 1.29 is 9.90 Å². The van der Waals surface area contributed by atoms with E-state index in [0.29, 0.717) is 6.54 Å². The predicted molar refractivity (Wildman–Crippen MR) is 100 cm³/mol. The van der Waals surface area contributed by atoms with Crippen molar-refractivity contribution in [2.24, 2.45) is 5.92 Å². The molecule has 1 saturated heterocycles. The number of likely N-dealkylation sites (tertiary alicyclic amines) is 1. The van der Waals surface area contributed by atoms with Gasteiger partial charge in [-0.1, -0.05) is 48.0 Å². The van der Waals surface area contributed by atoms with E-state index in [2.05, 4.69) is 10.2 Å². The van der Waals surface area contributed by atoms with Crippen LogP contribution >= 0.6 is 0 Å². The normalized spacial score (nSPS) is 17.2. The van der Waals surface area contributed by atoms with Crippen LogP contribution in [0, 0.1) is 12.8 Å². The van der Waals surface area contributed by atoms with Crippen molar-refractivity contribution in [1.29, 1.82) is 0 Å². The maximum Gasteiger partial charge on any atom is 0.227 e. The molecule has 132 valence electrons. The van der Waals surface area contributed by atoms with Crippen LogP contribution in [0.5, 0.6) is 0 Å². The molecule has 0 radical (unpaired) electrons. The number of aliphatic hydroxyl groups is 1. The van der Waals surface area contributed by atoms with E-state index in [-0.39, 0.29) is 11.8 Å². The van der Waals surface area contributed by atoms with Crippen LogP contribution in [0.3, 0.4) is 0 Å². The Balaban J connectivity index is 1.46. The van der Waals surface area contributed by atoms with Gasteiger partial charge in [-0.3, -0.25) is 4.79 Å². The first-order valence-corrected chi connectivity index (χ1v) is 8.95. The minimum atomic E-state index is -0.477. The first-order chi connectivity index (χ1) is 12.1. The molecule has 1 aliphatic rings. The molecule has 2 N–H and O–H groups in total. The van der Waals surface area contributed by atoms with Crippen molar-refractivity contribution in [3.63, 3.8) is 0 Å². The molecule has 1 aliphatic heterocycles. The third-order valence-corrected chi connectivity index (χ3v) is 4.89. The molecular weight excluding hydrogens is 312 g/mol. The molecule has 1 heterocycles. The highest BCUT2D eigenvalue weighted by Crippen LogP contribution is 2.22. The van der Waals surface area contributed by atoms with Crippen molar-refractivity contribution in [3.05, 3.63) is 65.7 Å². The lowest BCUT2D eigenvalue weighted by atomic mass is 9.95. The number of carbonyl (C=O) groups is 1. The maximum absolute atomic E-state index is 12.4. The number of carbonyl (C=O) groups excluding carboxylic acids is 1. The molecule has 1 amide bonds. The zero-order chi connectivity index (χ0) is 17.6. The van der Waals surface area contributed by atoms with Gasteiger partial charge in [-0.15, -0.1) is 0 Å². The number of aliphatic hydroxyl groups excluding tert-OH is 1. The van der Waals surface area contributed by atoms with E-state index < -0.39 is 6.10 Å². The van der Waals surface area contributed by atoms with Gasteiger partial charge >= 0.3 is 0 Å². The van der Waals surface area contributed by atoms with Crippen LogP contribution in [-0.4, -0.2) is 35.5 Å². The number of nitrogens with zero attached hydrogens (tertiary/aromatic N) is 1. The minimum Gasteiger partial charge on any atom is -0.387 e. The molecule has 0 spiro atoms. The standard InChI is InChI=1S/C21H26N2O2/c1-16-7-9-17(10-8-16)20(24)15-23-13-11-18(12-14-23)21(25)22-19-5-3-2-4-6-19/h2-10,18,20,24H,11-15H2,1H3,(H,22,25). The molecule has 2 aromatic carbocycles. The van der Waals surface area contributed by atoms with Crippen LogP contribution in [0.2, 0.25) is 0 Å². The molecular formula is C21H26N2O2. The minimum absolute atomic E-state index is 0.0490. The van der Waals surface area contributed by atoms with Crippen molar-refractivity contribution in [3.8, 4) is 0 Å². The van der Waals surface area contributed by atoms with Gasteiger partial charge in [0.15, 0.2) is 0 Å². The highest BCUT2D eigenvalue weighted by Gasteiger charge is 2.26. The molecule has 4 nitrogen and oxygen atoms in total. The van der Waals surface area contributed by atoms with Gasteiger partial charge in [0.05, 0.1) is 6.10 Å². The fraction of sp³-hybridized carbons (Fsp3) is 0.381. The van der Waals surface area contributed by atoms with Gasteiger partial charge in [0.2, 0.25) is 5.91 Å². The Bertz CT molecular complexity index is 677. The summed E-state index contributed by atoms with van der Waals surface area (Å²) in [5.41, 5.74) is 3.00. The number of hydrogen-bond donors (Lipinski definition) is 2. The van der Waals surface area contributed by atoms with E-state index in [0.717, 1.165) is 37.2 Å². The summed E-state index contributed by atoms with van der Waals surface area (Å²) in [6.45, 7) is 4.35. The van der Waals surface area contributed by atoms with Crippen LogP contribution in [0.4, 0.5) is 5.69 Å². The van der Waals surface area contributed by atoms with Crippen LogP contribution in [-0.2, 0) is 4.79 Å². The van der Waals surface area contributed by atoms with E-state index in [1.54, 1.807) is 0 Å². The Kier molecular flexibility index (Phi) is 5.84. The smallest absolute Gasteiger partial charge is 0.227 e. The van der Waals surface area contributed by atoms with E-state index in [9.17, 15) is 9.90 Å². The van der Waals surface area contributed by atoms with Gasteiger partial charge in [-0.05, 0) is 50.6 Å². The number of para-hydroxylation sites is 1. The van der Waals surface area contributed by atoms with Crippen LogP contribution in [0.15, 0.2) is 54.6 Å². The maximum atomic E-state index is 12.4. The number of benzene rings is 2. The van der Waals surface area contributed by atoms with Gasteiger partial charge in [-0.2, -0.15) is 0 Å². The second kappa shape index (κ2) is 8.28. The second-order valence-electron chi connectivity index (χ2n) is 6.86. The summed E-state index contributed by atoms with van der Waals surface area (Å²) >= 11 is 0. The zero-order valence-electron chi connectivity index (χ0n) is 14.7. The molecule has 0 saturated carbocycles. The topological polar surface area (TPSA) is 52.6 Å². The number of rotatable bonds is 5. The Morgan fingerprint density at radius 1 is 1.12 bits per heavy atom. The van der Waals surface area contributed by atoms with Crippen LogP contribution in [0.1, 0.15) is 30.1 Å². The number of β-amino-alcohol motifs (C(OH)–C–C–N with tert-alkyl or cyclic N) is 1. The third-order valence-electron chi connectivity index (χ3n) is 4.89. The average Bonchev–Trinajstić information content (AvgIpc) is 2.63. The molecule has 25 heavy (non-hydrogen) atoms. The van der Waals surface area contributed by atoms with Crippen LogP contribution in [0.25, 0.3) is 0 Å². The number of amides is 1. The molecule has 1 unspecified atom stereocenters. The van der Waals surface area contributed by atoms with Crippen molar-refractivity contribution in [1.82, 2.24) is 4.90 Å². The van der Waals surface area contributed by atoms with E-state index in [1.165, 1.54) is 5.56 Å². The van der Waals surface area contributed by atoms with Gasteiger partial charge < -0.3 is 15.3 Å². The Morgan fingerprint density at radius 2 is 1.76 bits per heavy atom. The number of nitrogens with one attached hydrogen (secondary N) is 1. The SMILES string of the molecule is Cc1ccc(C(O)CN2CCC(C(=O)Nc3ccccc3)CC2)cc1. The fourth-order valence-electron chi connectivity index (χ4n) is 3.28. The largest absolute Gasteiger partial charge is 0.387 e. The summed E-state index contributed by atoms with van der Waals surface area (Å²) in [4.78, 5) is 14.6. The molecule has 1 fully saturated rings. The van der Waals surface area contributed by atoms with E-state index in [4.69, 9.17) is 0 Å². The van der Waals surface area contributed by atoms with Gasteiger partial charge in [-0.25, -0.2) is 0 Å². The summed E-state index contributed by atoms with van der Waals surface area (Å²) in [5, 5.41) is 13.4. The Morgan fingerprint density at radius 3 is 2.40 bits per heavy atom. The first kappa shape index (κ1) is 17.6. The summed E-state index contributed by atoms with van der Waals surface area (Å²) in [5.74, 6) is 0.151. The van der Waals surface area contributed by atoms with Crippen molar-refractivity contribution in [2.45, 2.75) is 25.9 Å². The number of piperidine rings is 1. The molecule has 4 heteroatoms. The second-order valence-corrected chi connectivity index (χ2v) is 6.86. The number of hydrogen-bond acceptors (Lipinski definition) is 3. The Labute approximate surface area is 149 Å². The lowest BCUT2D eigenvalue weighted by Crippen LogP contribution is -2.40. The predicted octanol–water partition coefficient (Wildman–Crippen LogP) is 3.38. The summed E-state index contributed by atoms with van der Waals surface area (Å²) < 4.78 is 0. The average molecular weight is 338 g/mol. The van der Waals surface area contributed by atoms with Crippen molar-refractivity contribution in [2.75, 3.05) is 25.0 Å². The highest BCUT2D eigenvalue weighted by molar-refractivity contribution is 5.92. The van der Waals surface area contributed by atoms with Crippen LogP contribution < -0.4 is 5.32 Å². The number of aryl methyl sites for hydroxylation is 1. The zero-order valence-corrected chi connectivity index (χ0v) is 14.7. The Hall–Kier alpha value is -2.17. The summed E-state index contributed by atoms with van der Waals surface area (Å²) in [6.07, 6.45) is 1.19. The van der Waals surface area contributed by atoms with E-state index in [1.807, 2.05) is 61.5 Å². The monoisotopic (exact) mass is 338 g/mol. The molecule has 3 rings (SSSR count).